The molecule has 0 radical (unpaired) electrons. The summed E-state index contributed by atoms with van der Waals surface area (Å²) in [5, 5.41) is 8.42. The molecule has 0 unspecified atom stereocenters. The van der Waals surface area contributed by atoms with Gasteiger partial charge in [0.2, 0.25) is 5.91 Å². The first-order chi connectivity index (χ1) is 14.4. The highest BCUT2D eigenvalue weighted by molar-refractivity contribution is 6.35. The van der Waals surface area contributed by atoms with Crippen molar-refractivity contribution in [2.75, 3.05) is 31.6 Å². The lowest BCUT2D eigenvalue weighted by Gasteiger charge is -2.13. The van der Waals surface area contributed by atoms with Gasteiger partial charge in [-0.15, -0.1) is 0 Å². The van der Waals surface area contributed by atoms with Crippen molar-refractivity contribution >= 4 is 35.1 Å². The van der Waals surface area contributed by atoms with Crippen molar-refractivity contribution in [1.82, 2.24) is 20.6 Å². The second kappa shape index (κ2) is 8.11. The highest BCUT2D eigenvalue weighted by atomic mass is 16.5. The number of amides is 3. The second-order valence-corrected chi connectivity index (χ2v) is 7.33. The molecule has 4 rings (SSSR count). The molecule has 0 aromatic carbocycles. The largest absolute Gasteiger partial charge is 0.378 e. The number of aryl methyl sites for hydroxylation is 1. The SMILES string of the molecule is Cc1cc2c([nH]1)/C=C1\C(=O)Nc3cnc(cc31)[C@H](C)C(=O)NCCOCCNC2=O. The Morgan fingerprint density at radius 3 is 2.60 bits per heavy atom. The summed E-state index contributed by atoms with van der Waals surface area (Å²) in [6, 6.07) is 3.49. The van der Waals surface area contributed by atoms with Gasteiger partial charge < -0.3 is 25.7 Å². The summed E-state index contributed by atoms with van der Waals surface area (Å²) in [5.41, 5.74) is 3.97. The predicted octanol–water partition coefficient (Wildman–Crippen LogP) is 1.19. The third-order valence-corrected chi connectivity index (χ3v) is 5.14. The fraction of sp³-hybridized carbons (Fsp3) is 0.333. The average molecular weight is 409 g/mol. The number of hydrogen-bond donors (Lipinski definition) is 4. The van der Waals surface area contributed by atoms with E-state index in [0.717, 1.165) is 5.69 Å². The Bertz CT molecular complexity index is 1060. The second-order valence-electron chi connectivity index (χ2n) is 7.33. The first-order valence-electron chi connectivity index (χ1n) is 9.80. The highest BCUT2D eigenvalue weighted by Crippen LogP contribution is 2.34. The molecule has 2 aliphatic rings. The monoisotopic (exact) mass is 409 g/mol. The number of aromatic nitrogens is 2. The molecule has 30 heavy (non-hydrogen) atoms. The van der Waals surface area contributed by atoms with Gasteiger partial charge in [0.1, 0.15) is 0 Å². The van der Waals surface area contributed by atoms with Gasteiger partial charge in [-0.1, -0.05) is 0 Å². The van der Waals surface area contributed by atoms with E-state index in [1.807, 2.05) is 6.92 Å². The molecule has 156 valence electrons. The lowest BCUT2D eigenvalue weighted by atomic mass is 10.00. The Kier molecular flexibility index (Phi) is 5.37. The summed E-state index contributed by atoms with van der Waals surface area (Å²) in [6.07, 6.45) is 3.21. The molecule has 0 saturated heterocycles. The number of fused-ring (bicyclic) bond motifs is 2. The molecule has 0 aliphatic carbocycles. The van der Waals surface area contributed by atoms with Crippen LogP contribution in [0.5, 0.6) is 0 Å². The van der Waals surface area contributed by atoms with Gasteiger partial charge in [0, 0.05) is 24.3 Å². The standard InChI is InChI=1S/C21H23N5O4/c1-11-7-15-17(25-11)9-14-13-8-16(24-10-18(13)26-21(14)29)12(2)19(27)22-3-5-30-6-4-23-20(15)28/h7-10,12,25H,3-6H2,1-2H3,(H,22,27)(H,23,28)(H,26,29)/b14-9-/t12-/m0/s1. The zero-order chi connectivity index (χ0) is 21.3. The van der Waals surface area contributed by atoms with E-state index in [1.54, 1.807) is 31.3 Å². The van der Waals surface area contributed by atoms with E-state index < -0.39 is 5.92 Å². The zero-order valence-electron chi connectivity index (χ0n) is 16.8. The molecule has 0 saturated carbocycles. The van der Waals surface area contributed by atoms with E-state index >= 15 is 0 Å². The van der Waals surface area contributed by atoms with Crippen LogP contribution in [0, 0.1) is 6.92 Å². The first kappa shape index (κ1) is 19.8. The van der Waals surface area contributed by atoms with Crippen molar-refractivity contribution in [3.8, 4) is 0 Å². The van der Waals surface area contributed by atoms with E-state index in [9.17, 15) is 14.4 Å². The van der Waals surface area contributed by atoms with Crippen LogP contribution in [-0.2, 0) is 14.3 Å². The number of pyridine rings is 1. The van der Waals surface area contributed by atoms with Crippen molar-refractivity contribution in [1.29, 1.82) is 0 Å². The number of aromatic amines is 1. The Balaban J connectivity index is 1.79. The van der Waals surface area contributed by atoms with Crippen LogP contribution in [0.3, 0.4) is 0 Å². The van der Waals surface area contributed by atoms with Gasteiger partial charge in [-0.25, -0.2) is 0 Å². The third kappa shape index (κ3) is 3.84. The molecule has 1 atom stereocenters. The molecule has 0 spiro atoms. The molecular formula is C21H23N5O4. The maximum atomic E-state index is 12.6. The summed E-state index contributed by atoms with van der Waals surface area (Å²) >= 11 is 0. The molecule has 4 N–H and O–H groups in total. The van der Waals surface area contributed by atoms with Crippen LogP contribution in [0.15, 0.2) is 18.3 Å². The topological polar surface area (TPSA) is 125 Å². The lowest BCUT2D eigenvalue weighted by Crippen LogP contribution is -2.32. The molecule has 2 bridgehead atoms. The van der Waals surface area contributed by atoms with Gasteiger partial charge in [0.15, 0.2) is 0 Å². The van der Waals surface area contributed by atoms with Gasteiger partial charge >= 0.3 is 0 Å². The average Bonchev–Trinajstić information content (AvgIpc) is 3.24. The van der Waals surface area contributed by atoms with Gasteiger partial charge in [-0.05, 0) is 32.1 Å². The van der Waals surface area contributed by atoms with E-state index in [-0.39, 0.29) is 17.7 Å². The molecule has 2 aliphatic heterocycles. The van der Waals surface area contributed by atoms with Gasteiger partial charge in [-0.2, -0.15) is 0 Å². The molecule has 3 amide bonds. The van der Waals surface area contributed by atoms with Crippen molar-refractivity contribution in [3.05, 3.63) is 46.5 Å². The summed E-state index contributed by atoms with van der Waals surface area (Å²) in [5.74, 6) is -1.20. The zero-order valence-corrected chi connectivity index (χ0v) is 16.8. The summed E-state index contributed by atoms with van der Waals surface area (Å²) in [4.78, 5) is 45.2. The quantitative estimate of drug-likeness (QED) is 0.520. The van der Waals surface area contributed by atoms with Crippen LogP contribution < -0.4 is 16.0 Å². The van der Waals surface area contributed by atoms with E-state index in [1.165, 1.54) is 0 Å². The smallest absolute Gasteiger partial charge is 0.256 e. The molecule has 4 heterocycles. The molecule has 0 fully saturated rings. The fourth-order valence-corrected chi connectivity index (χ4v) is 3.51. The van der Waals surface area contributed by atoms with E-state index in [0.29, 0.717) is 60.1 Å². The maximum absolute atomic E-state index is 12.6. The number of nitrogens with zero attached hydrogens (tertiary/aromatic N) is 1. The Morgan fingerprint density at radius 1 is 1.03 bits per heavy atom. The van der Waals surface area contributed by atoms with Crippen molar-refractivity contribution in [3.63, 3.8) is 0 Å². The first-order valence-corrected chi connectivity index (χ1v) is 9.80. The van der Waals surface area contributed by atoms with Crippen LogP contribution in [0.2, 0.25) is 0 Å². The molecule has 9 heteroatoms. The van der Waals surface area contributed by atoms with Crippen molar-refractivity contribution < 1.29 is 19.1 Å². The molecular weight excluding hydrogens is 386 g/mol. The Labute approximate surface area is 173 Å². The Morgan fingerprint density at radius 2 is 1.80 bits per heavy atom. The number of anilines is 1. The van der Waals surface area contributed by atoms with Crippen LogP contribution in [0.1, 0.15) is 45.8 Å². The number of H-pyrrole nitrogens is 1. The summed E-state index contributed by atoms with van der Waals surface area (Å²) < 4.78 is 5.47. The number of hydrogen-bond acceptors (Lipinski definition) is 5. The van der Waals surface area contributed by atoms with E-state index in [4.69, 9.17) is 4.74 Å². The van der Waals surface area contributed by atoms with Gasteiger partial charge in [0.25, 0.3) is 11.8 Å². The number of ether oxygens (including phenoxy) is 1. The minimum Gasteiger partial charge on any atom is -0.378 e. The van der Waals surface area contributed by atoms with Gasteiger partial charge in [-0.3, -0.25) is 19.4 Å². The number of nitrogens with one attached hydrogen (secondary N) is 4. The van der Waals surface area contributed by atoms with Crippen LogP contribution >= 0.6 is 0 Å². The van der Waals surface area contributed by atoms with Crippen LogP contribution in [0.4, 0.5) is 5.69 Å². The number of carbonyl (C=O) groups excluding carboxylic acids is 3. The maximum Gasteiger partial charge on any atom is 0.256 e. The third-order valence-electron chi connectivity index (χ3n) is 5.14. The van der Waals surface area contributed by atoms with E-state index in [2.05, 4.69) is 25.9 Å². The Hall–Kier alpha value is -3.46. The van der Waals surface area contributed by atoms with Crippen molar-refractivity contribution in [2.45, 2.75) is 19.8 Å². The molecule has 9 nitrogen and oxygen atoms in total. The van der Waals surface area contributed by atoms with Gasteiger partial charge in [0.05, 0.1) is 53.5 Å². The number of rotatable bonds is 0. The lowest BCUT2D eigenvalue weighted by molar-refractivity contribution is -0.122. The summed E-state index contributed by atoms with van der Waals surface area (Å²) in [6.45, 7) is 4.96. The normalized spacial score (nSPS) is 21.6. The van der Waals surface area contributed by atoms with Crippen molar-refractivity contribution in [2.24, 2.45) is 0 Å². The minimum atomic E-state index is -0.491. The minimum absolute atomic E-state index is 0.172. The van der Waals surface area contributed by atoms with Crippen LogP contribution in [0.25, 0.3) is 11.6 Å². The van der Waals surface area contributed by atoms with Crippen LogP contribution in [-0.4, -0.2) is 54.0 Å². The molecule has 2 aromatic rings. The summed E-state index contributed by atoms with van der Waals surface area (Å²) in [7, 11) is 0. The highest BCUT2D eigenvalue weighted by Gasteiger charge is 2.28. The molecule has 2 aromatic heterocycles. The number of carbonyl (C=O) groups is 3. The fourth-order valence-electron chi connectivity index (χ4n) is 3.51. The predicted molar refractivity (Wildman–Crippen MR) is 111 cm³/mol.